The number of aromatic nitrogens is 2. The first kappa shape index (κ1) is 21.7. The number of hydrogen-bond acceptors (Lipinski definition) is 4. The van der Waals surface area contributed by atoms with Crippen LogP contribution in [0.25, 0.3) is 10.4 Å². The highest BCUT2D eigenvalue weighted by Gasteiger charge is 2.17. The van der Waals surface area contributed by atoms with Crippen LogP contribution in [0.4, 0.5) is 10.2 Å². The van der Waals surface area contributed by atoms with E-state index in [9.17, 15) is 9.18 Å². The smallest absolute Gasteiger partial charge is 0.258 e. The maximum absolute atomic E-state index is 14.6. The van der Waals surface area contributed by atoms with Crippen LogP contribution in [-0.4, -0.2) is 15.9 Å². The highest BCUT2D eigenvalue weighted by atomic mass is 35.5. The van der Waals surface area contributed by atoms with E-state index in [4.69, 9.17) is 11.6 Å². The molecule has 0 spiro atoms. The Hall–Kier alpha value is -3.53. The Bertz CT molecular complexity index is 1370. The van der Waals surface area contributed by atoms with Gasteiger partial charge in [0.15, 0.2) is 11.6 Å². The molecule has 32 heavy (non-hydrogen) atoms. The van der Waals surface area contributed by atoms with Crippen molar-refractivity contribution in [3.63, 3.8) is 0 Å². The van der Waals surface area contributed by atoms with Crippen molar-refractivity contribution < 1.29 is 9.18 Å². The van der Waals surface area contributed by atoms with E-state index in [1.54, 1.807) is 12.1 Å². The van der Waals surface area contributed by atoms with E-state index in [-0.39, 0.29) is 16.4 Å². The molecule has 2 aromatic heterocycles. The lowest BCUT2D eigenvalue weighted by Gasteiger charge is -2.09. The zero-order valence-corrected chi connectivity index (χ0v) is 18.8. The third-order valence-corrected chi connectivity index (χ3v) is 6.03. The number of thiazole rings is 1. The minimum Gasteiger partial charge on any atom is -0.304 e. The first-order valence-corrected chi connectivity index (χ1v) is 10.9. The van der Waals surface area contributed by atoms with Crippen LogP contribution in [0.15, 0.2) is 60.8 Å². The van der Waals surface area contributed by atoms with Crippen LogP contribution in [0, 0.1) is 31.5 Å². The number of hydrogen-bond donors (Lipinski definition) is 1. The zero-order valence-electron chi connectivity index (χ0n) is 17.2. The Morgan fingerprint density at radius 1 is 1.06 bits per heavy atom. The topological polar surface area (TPSA) is 54.9 Å². The standard InChI is InChI=1S/C25H17ClFN3OS/c1-15-23(32-16(2)29-15)19-10-11-21(26)20(13-19)25(31)30-24-22(27)12-18(14-28-24)9-8-17-6-4-3-5-7-17/h3-7,10-14H,1-2H3,(H,28,30,31). The van der Waals surface area contributed by atoms with Crippen LogP contribution in [-0.2, 0) is 0 Å². The molecule has 1 amide bonds. The van der Waals surface area contributed by atoms with Crippen molar-refractivity contribution in [2.75, 3.05) is 5.32 Å². The summed E-state index contributed by atoms with van der Waals surface area (Å²) < 4.78 is 14.6. The summed E-state index contributed by atoms with van der Waals surface area (Å²) in [7, 11) is 0. The summed E-state index contributed by atoms with van der Waals surface area (Å²) in [6.45, 7) is 3.84. The zero-order chi connectivity index (χ0) is 22.7. The van der Waals surface area contributed by atoms with Crippen molar-refractivity contribution >= 4 is 34.7 Å². The fraction of sp³-hybridized carbons (Fsp3) is 0.0800. The first-order valence-electron chi connectivity index (χ1n) is 9.68. The van der Waals surface area contributed by atoms with E-state index in [1.165, 1.54) is 23.6 Å². The van der Waals surface area contributed by atoms with Crippen molar-refractivity contribution in [1.29, 1.82) is 0 Å². The summed E-state index contributed by atoms with van der Waals surface area (Å²) in [5, 5.41) is 3.69. The fourth-order valence-electron chi connectivity index (χ4n) is 3.08. The normalized spacial score (nSPS) is 10.4. The molecule has 0 aliphatic carbocycles. The number of benzene rings is 2. The number of carbonyl (C=O) groups is 1. The second-order valence-corrected chi connectivity index (χ2v) is 8.58. The molecule has 0 radical (unpaired) electrons. The number of nitrogens with one attached hydrogen (secondary N) is 1. The second kappa shape index (κ2) is 9.31. The number of nitrogens with zero attached hydrogens (tertiary/aromatic N) is 2. The second-order valence-electron chi connectivity index (χ2n) is 6.97. The fourth-order valence-corrected chi connectivity index (χ4v) is 4.20. The van der Waals surface area contributed by atoms with Crippen molar-refractivity contribution in [1.82, 2.24) is 9.97 Å². The van der Waals surface area contributed by atoms with E-state index in [0.29, 0.717) is 5.56 Å². The minimum absolute atomic E-state index is 0.188. The van der Waals surface area contributed by atoms with Gasteiger partial charge in [-0.25, -0.2) is 14.4 Å². The predicted octanol–water partition coefficient (Wildman–Crippen LogP) is 6.27. The highest BCUT2D eigenvalue weighted by molar-refractivity contribution is 7.15. The Morgan fingerprint density at radius 3 is 2.50 bits per heavy atom. The Kier molecular flexibility index (Phi) is 6.31. The van der Waals surface area contributed by atoms with Gasteiger partial charge in [-0.05, 0) is 49.7 Å². The Balaban J connectivity index is 1.56. The van der Waals surface area contributed by atoms with Crippen molar-refractivity contribution in [2.45, 2.75) is 13.8 Å². The SMILES string of the molecule is Cc1nc(C)c(-c2ccc(Cl)c(C(=O)Nc3ncc(C#Cc4ccccc4)cc3F)c2)s1. The third-order valence-electron chi connectivity index (χ3n) is 4.57. The molecule has 0 saturated carbocycles. The molecular formula is C25H17ClFN3OS. The summed E-state index contributed by atoms with van der Waals surface area (Å²) in [5.74, 6) is 4.39. The van der Waals surface area contributed by atoms with E-state index >= 15 is 0 Å². The van der Waals surface area contributed by atoms with Crippen LogP contribution in [0.1, 0.15) is 32.2 Å². The van der Waals surface area contributed by atoms with Gasteiger partial charge < -0.3 is 5.32 Å². The molecule has 0 bridgehead atoms. The highest BCUT2D eigenvalue weighted by Crippen LogP contribution is 2.32. The summed E-state index contributed by atoms with van der Waals surface area (Å²) in [5.41, 5.74) is 3.14. The van der Waals surface area contributed by atoms with Gasteiger partial charge in [-0.3, -0.25) is 4.79 Å². The van der Waals surface area contributed by atoms with Gasteiger partial charge in [0.05, 0.1) is 26.2 Å². The maximum Gasteiger partial charge on any atom is 0.258 e. The van der Waals surface area contributed by atoms with Crippen LogP contribution in [0.2, 0.25) is 5.02 Å². The number of aryl methyl sites for hydroxylation is 2. The van der Waals surface area contributed by atoms with Gasteiger partial charge in [0, 0.05) is 17.3 Å². The average molecular weight is 462 g/mol. The predicted molar refractivity (Wildman–Crippen MR) is 127 cm³/mol. The van der Waals surface area contributed by atoms with Crippen LogP contribution < -0.4 is 5.32 Å². The number of rotatable bonds is 3. The molecule has 0 fully saturated rings. The molecule has 2 aromatic carbocycles. The molecule has 0 atom stereocenters. The van der Waals surface area contributed by atoms with Gasteiger partial charge in [0.2, 0.25) is 0 Å². The van der Waals surface area contributed by atoms with Gasteiger partial charge in [-0.2, -0.15) is 0 Å². The molecular weight excluding hydrogens is 445 g/mol. The summed E-state index contributed by atoms with van der Waals surface area (Å²) in [6.07, 6.45) is 1.41. The van der Waals surface area contributed by atoms with Crippen LogP contribution in [0.3, 0.4) is 0 Å². The van der Waals surface area contributed by atoms with E-state index < -0.39 is 11.7 Å². The van der Waals surface area contributed by atoms with Gasteiger partial charge in [0.1, 0.15) is 0 Å². The summed E-state index contributed by atoms with van der Waals surface area (Å²) >= 11 is 7.78. The Labute approximate surface area is 194 Å². The maximum atomic E-state index is 14.6. The lowest BCUT2D eigenvalue weighted by atomic mass is 10.1. The number of amides is 1. The van der Waals surface area contributed by atoms with Gasteiger partial charge in [-0.15, -0.1) is 11.3 Å². The molecule has 1 N–H and O–H groups in total. The molecule has 0 aliphatic heterocycles. The molecule has 4 aromatic rings. The van der Waals surface area contributed by atoms with E-state index in [0.717, 1.165) is 26.7 Å². The van der Waals surface area contributed by atoms with Gasteiger partial charge in [-0.1, -0.05) is 47.7 Å². The molecule has 158 valence electrons. The van der Waals surface area contributed by atoms with Crippen molar-refractivity contribution in [3.8, 4) is 22.3 Å². The lowest BCUT2D eigenvalue weighted by molar-refractivity contribution is 0.102. The molecule has 0 saturated heterocycles. The lowest BCUT2D eigenvalue weighted by Crippen LogP contribution is -2.15. The van der Waals surface area contributed by atoms with E-state index in [1.807, 2.05) is 50.2 Å². The van der Waals surface area contributed by atoms with E-state index in [2.05, 4.69) is 27.1 Å². The van der Waals surface area contributed by atoms with Crippen molar-refractivity contribution in [3.05, 3.63) is 99.0 Å². The molecule has 0 aliphatic rings. The van der Waals surface area contributed by atoms with Crippen LogP contribution in [0.5, 0.6) is 0 Å². The average Bonchev–Trinajstić information content (AvgIpc) is 3.12. The summed E-state index contributed by atoms with van der Waals surface area (Å²) in [6, 6.07) is 15.7. The monoisotopic (exact) mass is 461 g/mol. The number of halogens is 2. The number of pyridine rings is 1. The minimum atomic E-state index is -0.681. The molecule has 4 nitrogen and oxygen atoms in total. The molecule has 0 unspecified atom stereocenters. The number of carbonyl (C=O) groups excluding carboxylic acids is 1. The quantitative estimate of drug-likeness (QED) is 0.366. The largest absolute Gasteiger partial charge is 0.304 e. The van der Waals surface area contributed by atoms with Gasteiger partial charge in [0.25, 0.3) is 5.91 Å². The molecule has 2 heterocycles. The summed E-state index contributed by atoms with van der Waals surface area (Å²) in [4.78, 5) is 22.2. The van der Waals surface area contributed by atoms with Gasteiger partial charge >= 0.3 is 0 Å². The first-order chi connectivity index (χ1) is 15.4. The molecule has 7 heteroatoms. The van der Waals surface area contributed by atoms with Crippen LogP contribution >= 0.6 is 22.9 Å². The Morgan fingerprint density at radius 2 is 1.81 bits per heavy atom. The number of anilines is 1. The molecule has 4 rings (SSSR count). The van der Waals surface area contributed by atoms with Crippen molar-refractivity contribution in [2.24, 2.45) is 0 Å². The third kappa shape index (κ3) is 4.86.